The zero-order valence-corrected chi connectivity index (χ0v) is 10.1. The van der Waals surface area contributed by atoms with Crippen LogP contribution in [0.5, 0.6) is 23.0 Å². The number of rotatable bonds is 4. The first-order valence-electron chi connectivity index (χ1n) is 5.39. The second kappa shape index (κ2) is 5.40. The van der Waals surface area contributed by atoms with E-state index in [0.717, 1.165) is 0 Å². The van der Waals surface area contributed by atoms with Gasteiger partial charge in [-0.2, -0.15) is 0 Å². The minimum atomic E-state index is -0.475. The van der Waals surface area contributed by atoms with E-state index in [2.05, 4.69) is 0 Å². The maximum absolute atomic E-state index is 13.7. The molecule has 0 radical (unpaired) electrons. The van der Waals surface area contributed by atoms with Crippen molar-refractivity contribution in [3.05, 3.63) is 48.3 Å². The lowest BCUT2D eigenvalue weighted by Gasteiger charge is -2.11. The van der Waals surface area contributed by atoms with Crippen LogP contribution >= 0.6 is 0 Å². The fourth-order valence-corrected chi connectivity index (χ4v) is 1.53. The third kappa shape index (κ3) is 2.53. The van der Waals surface area contributed by atoms with E-state index in [9.17, 15) is 4.39 Å². The molecule has 0 N–H and O–H groups in total. The van der Waals surface area contributed by atoms with Gasteiger partial charge in [-0.25, -0.2) is 4.39 Å². The second-order valence-electron chi connectivity index (χ2n) is 3.55. The van der Waals surface area contributed by atoms with Gasteiger partial charge in [0.25, 0.3) is 0 Å². The summed E-state index contributed by atoms with van der Waals surface area (Å²) in [5, 5.41) is 0. The van der Waals surface area contributed by atoms with E-state index in [0.29, 0.717) is 17.2 Å². The molecule has 2 aromatic rings. The van der Waals surface area contributed by atoms with Crippen LogP contribution in [0.2, 0.25) is 0 Å². The van der Waals surface area contributed by atoms with Crippen molar-refractivity contribution < 1.29 is 18.6 Å². The molecular weight excluding hydrogens is 235 g/mol. The maximum Gasteiger partial charge on any atom is 0.204 e. The average molecular weight is 248 g/mol. The molecule has 0 amide bonds. The van der Waals surface area contributed by atoms with Gasteiger partial charge in [0.2, 0.25) is 5.75 Å². The molecule has 2 rings (SSSR count). The van der Waals surface area contributed by atoms with Gasteiger partial charge in [0.15, 0.2) is 11.6 Å². The molecule has 0 aliphatic carbocycles. The van der Waals surface area contributed by atoms with Crippen molar-refractivity contribution in [1.82, 2.24) is 0 Å². The molecule has 4 heteroatoms. The molecule has 18 heavy (non-hydrogen) atoms. The van der Waals surface area contributed by atoms with Crippen molar-refractivity contribution in [2.75, 3.05) is 14.2 Å². The van der Waals surface area contributed by atoms with Crippen LogP contribution in [-0.2, 0) is 0 Å². The predicted molar refractivity (Wildman–Crippen MR) is 66.0 cm³/mol. The molecule has 0 spiro atoms. The van der Waals surface area contributed by atoms with Gasteiger partial charge in [0.1, 0.15) is 11.5 Å². The first kappa shape index (κ1) is 12.2. The number of ether oxygens (including phenoxy) is 3. The zero-order chi connectivity index (χ0) is 13.0. The third-order valence-electron chi connectivity index (χ3n) is 2.41. The van der Waals surface area contributed by atoms with Crippen LogP contribution in [0, 0.1) is 5.82 Å². The van der Waals surface area contributed by atoms with Crippen LogP contribution in [0.25, 0.3) is 0 Å². The van der Waals surface area contributed by atoms with Gasteiger partial charge in [-0.15, -0.1) is 0 Å². The summed E-state index contributed by atoms with van der Waals surface area (Å²) < 4.78 is 29.3. The summed E-state index contributed by atoms with van der Waals surface area (Å²) >= 11 is 0. The van der Waals surface area contributed by atoms with Gasteiger partial charge >= 0.3 is 0 Å². The molecule has 0 fully saturated rings. The smallest absolute Gasteiger partial charge is 0.204 e. The molecule has 0 saturated heterocycles. The summed E-state index contributed by atoms with van der Waals surface area (Å²) in [5.41, 5.74) is 0. The normalized spacial score (nSPS) is 9.94. The third-order valence-corrected chi connectivity index (χ3v) is 2.41. The highest BCUT2D eigenvalue weighted by Gasteiger charge is 2.11. The van der Waals surface area contributed by atoms with Gasteiger partial charge in [-0.3, -0.25) is 0 Å². The highest BCUT2D eigenvalue weighted by molar-refractivity contribution is 5.45. The van der Waals surface area contributed by atoms with Crippen molar-refractivity contribution >= 4 is 0 Å². The number of para-hydroxylation sites is 1. The summed E-state index contributed by atoms with van der Waals surface area (Å²) in [6.45, 7) is 0. The van der Waals surface area contributed by atoms with Gasteiger partial charge in [-0.05, 0) is 24.3 Å². The Hall–Kier alpha value is -2.23. The minimum Gasteiger partial charge on any atom is -0.497 e. The fraction of sp³-hybridized carbons (Fsp3) is 0.143. The predicted octanol–water partition coefficient (Wildman–Crippen LogP) is 3.64. The van der Waals surface area contributed by atoms with Crippen LogP contribution in [0.1, 0.15) is 0 Å². The van der Waals surface area contributed by atoms with E-state index in [-0.39, 0.29) is 5.75 Å². The Morgan fingerprint density at radius 2 is 1.61 bits per heavy atom. The Kier molecular flexibility index (Phi) is 3.67. The first-order chi connectivity index (χ1) is 8.74. The fourth-order valence-electron chi connectivity index (χ4n) is 1.53. The van der Waals surface area contributed by atoms with E-state index >= 15 is 0 Å². The highest BCUT2D eigenvalue weighted by atomic mass is 19.1. The topological polar surface area (TPSA) is 27.7 Å². The van der Waals surface area contributed by atoms with Gasteiger partial charge in [-0.1, -0.05) is 12.1 Å². The van der Waals surface area contributed by atoms with Crippen LogP contribution in [0.4, 0.5) is 4.39 Å². The monoisotopic (exact) mass is 248 g/mol. The van der Waals surface area contributed by atoms with Gasteiger partial charge < -0.3 is 14.2 Å². The molecule has 2 aromatic carbocycles. The van der Waals surface area contributed by atoms with Crippen molar-refractivity contribution in [3.63, 3.8) is 0 Å². The molecule has 0 heterocycles. The standard InChI is InChI=1S/C14H13FO3/c1-16-10-5-3-6-11(9-10)18-14-12(15)7-4-8-13(14)17-2/h3-9H,1-2H3. The number of hydrogen-bond acceptors (Lipinski definition) is 3. The Bertz CT molecular complexity index is 540. The molecular formula is C14H13FO3. The maximum atomic E-state index is 13.7. The van der Waals surface area contributed by atoms with Crippen molar-refractivity contribution in [2.24, 2.45) is 0 Å². The van der Waals surface area contributed by atoms with E-state index in [1.807, 2.05) is 0 Å². The van der Waals surface area contributed by atoms with Gasteiger partial charge in [0, 0.05) is 6.07 Å². The zero-order valence-electron chi connectivity index (χ0n) is 10.1. The second-order valence-corrected chi connectivity index (χ2v) is 3.55. The van der Waals surface area contributed by atoms with E-state index < -0.39 is 5.82 Å². The first-order valence-corrected chi connectivity index (χ1v) is 5.39. The van der Waals surface area contributed by atoms with Crippen LogP contribution in [-0.4, -0.2) is 14.2 Å². The van der Waals surface area contributed by atoms with E-state index in [1.165, 1.54) is 13.2 Å². The van der Waals surface area contributed by atoms with Crippen LogP contribution < -0.4 is 14.2 Å². The molecule has 3 nitrogen and oxygen atoms in total. The SMILES string of the molecule is COc1cccc(Oc2c(F)cccc2OC)c1. The van der Waals surface area contributed by atoms with E-state index in [1.54, 1.807) is 43.5 Å². The molecule has 0 unspecified atom stereocenters. The Morgan fingerprint density at radius 1 is 0.889 bits per heavy atom. The van der Waals surface area contributed by atoms with Crippen molar-refractivity contribution in [3.8, 4) is 23.0 Å². The molecule has 0 bridgehead atoms. The largest absolute Gasteiger partial charge is 0.497 e. The Labute approximate surface area is 105 Å². The number of methoxy groups -OCH3 is 2. The highest BCUT2D eigenvalue weighted by Crippen LogP contribution is 2.34. The lowest BCUT2D eigenvalue weighted by Crippen LogP contribution is -1.93. The molecule has 94 valence electrons. The van der Waals surface area contributed by atoms with Gasteiger partial charge in [0.05, 0.1) is 14.2 Å². The van der Waals surface area contributed by atoms with E-state index in [4.69, 9.17) is 14.2 Å². The number of halogens is 1. The molecule has 0 saturated carbocycles. The lowest BCUT2D eigenvalue weighted by atomic mass is 10.3. The van der Waals surface area contributed by atoms with Crippen LogP contribution in [0.3, 0.4) is 0 Å². The Balaban J connectivity index is 2.33. The summed E-state index contributed by atoms with van der Waals surface area (Å²) in [4.78, 5) is 0. The average Bonchev–Trinajstić information content (AvgIpc) is 2.41. The summed E-state index contributed by atoms with van der Waals surface area (Å²) in [6, 6.07) is 11.5. The molecule has 0 aliphatic rings. The summed E-state index contributed by atoms with van der Waals surface area (Å²) in [7, 11) is 3.02. The van der Waals surface area contributed by atoms with Crippen molar-refractivity contribution in [1.29, 1.82) is 0 Å². The quantitative estimate of drug-likeness (QED) is 0.826. The Morgan fingerprint density at radius 3 is 2.33 bits per heavy atom. The number of benzene rings is 2. The lowest BCUT2D eigenvalue weighted by molar-refractivity contribution is 0.361. The summed E-state index contributed by atoms with van der Waals surface area (Å²) in [5.74, 6) is 1.06. The minimum absolute atomic E-state index is 0.0632. The summed E-state index contributed by atoms with van der Waals surface area (Å²) in [6.07, 6.45) is 0. The molecule has 0 aromatic heterocycles. The number of hydrogen-bond donors (Lipinski definition) is 0. The molecule has 0 atom stereocenters. The molecule has 0 aliphatic heterocycles. The van der Waals surface area contributed by atoms with Crippen molar-refractivity contribution in [2.45, 2.75) is 0 Å². The van der Waals surface area contributed by atoms with Crippen LogP contribution in [0.15, 0.2) is 42.5 Å².